The first-order valence-electron chi connectivity index (χ1n) is 11.7. The quantitative estimate of drug-likeness (QED) is 0.638. The Morgan fingerprint density at radius 3 is 2.57 bits per heavy atom. The molecule has 4 rings (SSSR count). The highest BCUT2D eigenvalue weighted by molar-refractivity contribution is 5.14. The fraction of sp³-hybridized carbons (Fsp3) is 0.750. The predicted octanol–water partition coefficient (Wildman–Crippen LogP) is 3.48. The highest BCUT2D eigenvalue weighted by atomic mass is 16.5. The average molecular weight is 386 g/mol. The van der Waals surface area contributed by atoms with Gasteiger partial charge in [0, 0.05) is 51.9 Å². The van der Waals surface area contributed by atoms with Gasteiger partial charge in [0.1, 0.15) is 0 Å². The smallest absolute Gasteiger partial charge is 0.0506 e. The summed E-state index contributed by atoms with van der Waals surface area (Å²) in [6, 6.07) is 11.7. The van der Waals surface area contributed by atoms with E-state index in [9.17, 15) is 0 Å². The monoisotopic (exact) mass is 385 g/mol. The highest BCUT2D eigenvalue weighted by Gasteiger charge is 2.32. The zero-order chi connectivity index (χ0) is 19.0. The molecule has 28 heavy (non-hydrogen) atoms. The minimum Gasteiger partial charge on any atom is -0.381 e. The standard InChI is InChI=1S/C24H39N3O/c1-3-8-22(9-4-1)18-26-15-16-27-19-23(10-11-24(27)20-26)21-28-17-7-14-25-12-5-2-6-13-25/h1,3-4,8-9,23-24H,2,5-7,10-21H2/t23-,24-/m1/s1. The fourth-order valence-corrected chi connectivity index (χ4v) is 5.27. The summed E-state index contributed by atoms with van der Waals surface area (Å²) in [4.78, 5) is 8.01. The van der Waals surface area contributed by atoms with Crippen molar-refractivity contribution in [1.82, 2.24) is 14.7 Å². The lowest BCUT2D eigenvalue weighted by atomic mass is 9.91. The summed E-state index contributed by atoms with van der Waals surface area (Å²) in [5, 5.41) is 0. The molecule has 156 valence electrons. The van der Waals surface area contributed by atoms with Gasteiger partial charge in [0.05, 0.1) is 6.61 Å². The van der Waals surface area contributed by atoms with E-state index in [1.807, 2.05) is 0 Å². The molecule has 0 aliphatic carbocycles. The van der Waals surface area contributed by atoms with Crippen molar-refractivity contribution in [3.63, 3.8) is 0 Å². The minimum atomic E-state index is 0.743. The molecule has 0 N–H and O–H groups in total. The first kappa shape index (κ1) is 20.3. The summed E-state index contributed by atoms with van der Waals surface area (Å²) in [5.41, 5.74) is 1.45. The molecule has 0 saturated carbocycles. The van der Waals surface area contributed by atoms with Crippen LogP contribution in [0.2, 0.25) is 0 Å². The maximum absolute atomic E-state index is 6.08. The van der Waals surface area contributed by atoms with E-state index in [2.05, 4.69) is 45.0 Å². The lowest BCUT2D eigenvalue weighted by molar-refractivity contribution is -0.00316. The van der Waals surface area contributed by atoms with Gasteiger partial charge in [-0.3, -0.25) is 9.80 Å². The van der Waals surface area contributed by atoms with Crippen molar-refractivity contribution in [3.8, 4) is 0 Å². The number of piperazine rings is 1. The van der Waals surface area contributed by atoms with E-state index in [0.29, 0.717) is 0 Å². The summed E-state index contributed by atoms with van der Waals surface area (Å²) in [5.74, 6) is 0.743. The third-order valence-corrected chi connectivity index (χ3v) is 6.90. The average Bonchev–Trinajstić information content (AvgIpc) is 2.75. The minimum absolute atomic E-state index is 0.743. The first-order valence-corrected chi connectivity index (χ1v) is 11.7. The number of ether oxygens (including phenoxy) is 1. The van der Waals surface area contributed by atoms with Gasteiger partial charge < -0.3 is 9.64 Å². The second kappa shape index (κ2) is 10.7. The van der Waals surface area contributed by atoms with Crippen LogP contribution in [-0.4, -0.2) is 79.8 Å². The molecule has 0 aromatic heterocycles. The zero-order valence-corrected chi connectivity index (χ0v) is 17.6. The number of nitrogens with zero attached hydrogens (tertiary/aromatic N) is 3. The molecule has 0 unspecified atom stereocenters. The third-order valence-electron chi connectivity index (χ3n) is 6.90. The molecule has 0 bridgehead atoms. The van der Waals surface area contributed by atoms with Crippen LogP contribution in [0.4, 0.5) is 0 Å². The molecule has 0 spiro atoms. The Morgan fingerprint density at radius 2 is 1.71 bits per heavy atom. The molecular formula is C24H39N3O. The van der Waals surface area contributed by atoms with Gasteiger partial charge in [-0.05, 0) is 56.7 Å². The van der Waals surface area contributed by atoms with Crippen LogP contribution in [0.1, 0.15) is 44.1 Å². The van der Waals surface area contributed by atoms with Gasteiger partial charge in [-0.2, -0.15) is 0 Å². The SMILES string of the molecule is c1ccc(CN2CCN3C[C@H](COCCCN4CCCCC4)CC[C@@H]3C2)cc1. The summed E-state index contributed by atoms with van der Waals surface area (Å²) in [6.07, 6.45) is 8.09. The topological polar surface area (TPSA) is 19.0 Å². The zero-order valence-electron chi connectivity index (χ0n) is 17.6. The van der Waals surface area contributed by atoms with Crippen LogP contribution in [-0.2, 0) is 11.3 Å². The van der Waals surface area contributed by atoms with Crippen LogP contribution >= 0.6 is 0 Å². The van der Waals surface area contributed by atoms with Gasteiger partial charge in [-0.15, -0.1) is 0 Å². The normalized spacial score (nSPS) is 27.6. The Balaban J connectivity index is 1.10. The molecule has 0 radical (unpaired) electrons. The van der Waals surface area contributed by atoms with E-state index in [4.69, 9.17) is 4.74 Å². The lowest BCUT2D eigenvalue weighted by Gasteiger charge is -2.46. The maximum Gasteiger partial charge on any atom is 0.0506 e. The van der Waals surface area contributed by atoms with Gasteiger partial charge in [0.15, 0.2) is 0 Å². The summed E-state index contributed by atoms with van der Waals surface area (Å²) >= 11 is 0. The third kappa shape index (κ3) is 6.03. The van der Waals surface area contributed by atoms with Crippen LogP contribution in [0.15, 0.2) is 30.3 Å². The van der Waals surface area contributed by atoms with Crippen molar-refractivity contribution in [2.24, 2.45) is 5.92 Å². The molecule has 2 atom stereocenters. The maximum atomic E-state index is 6.08. The van der Waals surface area contributed by atoms with Gasteiger partial charge in [-0.25, -0.2) is 0 Å². The van der Waals surface area contributed by atoms with Gasteiger partial charge in [0.2, 0.25) is 0 Å². The first-order chi connectivity index (χ1) is 13.9. The molecule has 3 heterocycles. The molecule has 1 aromatic carbocycles. The van der Waals surface area contributed by atoms with E-state index in [-0.39, 0.29) is 0 Å². The number of hydrogen-bond acceptors (Lipinski definition) is 4. The summed E-state index contributed by atoms with van der Waals surface area (Å²) < 4.78 is 6.08. The number of rotatable bonds is 8. The van der Waals surface area contributed by atoms with E-state index in [0.717, 1.165) is 31.7 Å². The molecule has 3 aliphatic heterocycles. The Bertz CT molecular complexity index is 560. The number of piperidine rings is 2. The lowest BCUT2D eigenvalue weighted by Crippen LogP contribution is -2.56. The van der Waals surface area contributed by atoms with Gasteiger partial charge in [-0.1, -0.05) is 36.8 Å². The van der Waals surface area contributed by atoms with Crippen molar-refractivity contribution in [2.75, 3.05) is 59.0 Å². The van der Waals surface area contributed by atoms with Crippen LogP contribution in [0.3, 0.4) is 0 Å². The van der Waals surface area contributed by atoms with Crippen molar-refractivity contribution in [2.45, 2.75) is 51.1 Å². The molecule has 4 nitrogen and oxygen atoms in total. The molecule has 3 fully saturated rings. The van der Waals surface area contributed by atoms with E-state index >= 15 is 0 Å². The van der Waals surface area contributed by atoms with Gasteiger partial charge in [0.25, 0.3) is 0 Å². The van der Waals surface area contributed by atoms with E-state index in [1.165, 1.54) is 89.9 Å². The molecular weight excluding hydrogens is 346 g/mol. The Morgan fingerprint density at radius 1 is 0.857 bits per heavy atom. The number of benzene rings is 1. The Hall–Kier alpha value is -0.940. The molecule has 3 saturated heterocycles. The predicted molar refractivity (Wildman–Crippen MR) is 116 cm³/mol. The second-order valence-corrected chi connectivity index (χ2v) is 9.14. The Kier molecular flexibility index (Phi) is 7.79. The van der Waals surface area contributed by atoms with Crippen LogP contribution < -0.4 is 0 Å². The van der Waals surface area contributed by atoms with Crippen molar-refractivity contribution in [3.05, 3.63) is 35.9 Å². The summed E-state index contributed by atoms with van der Waals surface area (Å²) in [7, 11) is 0. The summed E-state index contributed by atoms with van der Waals surface area (Å²) in [6.45, 7) is 11.8. The van der Waals surface area contributed by atoms with E-state index < -0.39 is 0 Å². The van der Waals surface area contributed by atoms with Crippen LogP contribution in [0.25, 0.3) is 0 Å². The number of likely N-dealkylation sites (tertiary alicyclic amines) is 1. The molecule has 3 aliphatic rings. The highest BCUT2D eigenvalue weighted by Crippen LogP contribution is 2.26. The fourth-order valence-electron chi connectivity index (χ4n) is 5.27. The molecule has 1 aromatic rings. The van der Waals surface area contributed by atoms with Crippen LogP contribution in [0.5, 0.6) is 0 Å². The van der Waals surface area contributed by atoms with Gasteiger partial charge >= 0.3 is 0 Å². The van der Waals surface area contributed by atoms with Crippen molar-refractivity contribution >= 4 is 0 Å². The van der Waals surface area contributed by atoms with Crippen LogP contribution in [0, 0.1) is 5.92 Å². The second-order valence-electron chi connectivity index (χ2n) is 9.14. The largest absolute Gasteiger partial charge is 0.381 e. The number of hydrogen-bond donors (Lipinski definition) is 0. The number of fused-ring (bicyclic) bond motifs is 1. The van der Waals surface area contributed by atoms with E-state index in [1.54, 1.807) is 0 Å². The van der Waals surface area contributed by atoms with Crippen molar-refractivity contribution < 1.29 is 4.74 Å². The van der Waals surface area contributed by atoms with Crippen molar-refractivity contribution in [1.29, 1.82) is 0 Å². The molecule has 4 heteroatoms. The molecule has 0 amide bonds. The Labute approximate surface area is 171 Å².